The molecule has 3 heterocycles. The molecular weight excluding hydrogens is 324 g/mol. The number of amides is 1. The molecule has 22 heavy (non-hydrogen) atoms. The standard InChI is InChI=1S/C14H11ClN4O2S/c15-8-2-3-9-11(6-8)22-14(16-9)17-13(20)10-7-12-19(18-10)4-1-5-21-12/h2-3,6-7H,1,4-5H2,(H,16,17,20). The lowest BCUT2D eigenvalue weighted by atomic mass is 10.3. The Morgan fingerprint density at radius 3 is 3.18 bits per heavy atom. The maximum Gasteiger partial charge on any atom is 0.278 e. The van der Waals surface area contributed by atoms with Crippen LogP contribution in [0.5, 0.6) is 5.88 Å². The SMILES string of the molecule is O=C(Nc1nc2ccc(Cl)cc2s1)c1cc2n(n1)CCCO2. The summed E-state index contributed by atoms with van der Waals surface area (Å²) in [6.45, 7) is 1.42. The summed E-state index contributed by atoms with van der Waals surface area (Å²) in [5.74, 6) is 0.336. The van der Waals surface area contributed by atoms with Gasteiger partial charge in [0.25, 0.3) is 5.91 Å². The normalized spacial score (nSPS) is 13.7. The summed E-state index contributed by atoms with van der Waals surface area (Å²) in [4.78, 5) is 16.6. The van der Waals surface area contributed by atoms with Crippen molar-refractivity contribution in [2.45, 2.75) is 13.0 Å². The molecule has 0 saturated carbocycles. The molecule has 3 aromatic rings. The van der Waals surface area contributed by atoms with Gasteiger partial charge < -0.3 is 4.74 Å². The summed E-state index contributed by atoms with van der Waals surface area (Å²) in [6.07, 6.45) is 0.897. The van der Waals surface area contributed by atoms with Gasteiger partial charge in [-0.25, -0.2) is 9.67 Å². The van der Waals surface area contributed by atoms with Gasteiger partial charge >= 0.3 is 0 Å². The van der Waals surface area contributed by atoms with Crippen molar-refractivity contribution in [2.75, 3.05) is 11.9 Å². The maximum absolute atomic E-state index is 12.3. The van der Waals surface area contributed by atoms with Crippen LogP contribution in [0.4, 0.5) is 5.13 Å². The first-order valence-electron chi connectivity index (χ1n) is 6.77. The van der Waals surface area contributed by atoms with E-state index in [2.05, 4.69) is 15.4 Å². The topological polar surface area (TPSA) is 69.0 Å². The number of carbonyl (C=O) groups excluding carboxylic acids is 1. The van der Waals surface area contributed by atoms with Gasteiger partial charge in [0.2, 0.25) is 5.88 Å². The zero-order valence-electron chi connectivity index (χ0n) is 11.4. The van der Waals surface area contributed by atoms with E-state index in [-0.39, 0.29) is 5.91 Å². The number of ether oxygens (including phenoxy) is 1. The number of halogens is 1. The van der Waals surface area contributed by atoms with Crippen molar-refractivity contribution < 1.29 is 9.53 Å². The van der Waals surface area contributed by atoms with Crippen LogP contribution < -0.4 is 10.1 Å². The molecule has 0 aliphatic carbocycles. The molecule has 8 heteroatoms. The molecule has 0 atom stereocenters. The molecule has 1 aliphatic rings. The molecule has 6 nitrogen and oxygen atoms in total. The second-order valence-electron chi connectivity index (χ2n) is 4.88. The number of anilines is 1. The van der Waals surface area contributed by atoms with Crippen molar-refractivity contribution in [3.63, 3.8) is 0 Å². The lowest BCUT2D eigenvalue weighted by Crippen LogP contribution is -2.16. The van der Waals surface area contributed by atoms with E-state index < -0.39 is 0 Å². The number of nitrogens with zero attached hydrogens (tertiary/aromatic N) is 3. The van der Waals surface area contributed by atoms with Crippen LogP contribution in [0.3, 0.4) is 0 Å². The van der Waals surface area contributed by atoms with Crippen LogP contribution in [0.1, 0.15) is 16.9 Å². The van der Waals surface area contributed by atoms with E-state index in [4.69, 9.17) is 16.3 Å². The molecular formula is C14H11ClN4O2S. The largest absolute Gasteiger partial charge is 0.478 e. The Hall–Kier alpha value is -2.12. The highest BCUT2D eigenvalue weighted by atomic mass is 35.5. The van der Waals surface area contributed by atoms with Crippen molar-refractivity contribution in [2.24, 2.45) is 0 Å². The summed E-state index contributed by atoms with van der Waals surface area (Å²) in [6, 6.07) is 7.08. The first-order valence-corrected chi connectivity index (χ1v) is 7.96. The minimum Gasteiger partial charge on any atom is -0.478 e. The molecule has 112 valence electrons. The number of carbonyl (C=O) groups is 1. The second-order valence-corrected chi connectivity index (χ2v) is 6.35. The monoisotopic (exact) mass is 334 g/mol. The molecule has 0 radical (unpaired) electrons. The highest BCUT2D eigenvalue weighted by Gasteiger charge is 2.19. The lowest BCUT2D eigenvalue weighted by Gasteiger charge is -2.13. The number of hydrogen-bond donors (Lipinski definition) is 1. The minimum absolute atomic E-state index is 0.296. The van der Waals surface area contributed by atoms with Crippen molar-refractivity contribution in [3.8, 4) is 5.88 Å². The predicted octanol–water partition coefficient (Wildman–Crippen LogP) is 3.18. The quantitative estimate of drug-likeness (QED) is 0.781. The number of hydrogen-bond acceptors (Lipinski definition) is 5. The molecule has 0 unspecified atom stereocenters. The Morgan fingerprint density at radius 1 is 1.41 bits per heavy atom. The molecule has 1 aromatic carbocycles. The van der Waals surface area contributed by atoms with Crippen LogP contribution in [-0.4, -0.2) is 27.3 Å². The van der Waals surface area contributed by atoms with Gasteiger partial charge in [0.15, 0.2) is 10.8 Å². The third-order valence-electron chi connectivity index (χ3n) is 3.31. The molecule has 0 saturated heterocycles. The van der Waals surface area contributed by atoms with Crippen molar-refractivity contribution >= 4 is 44.2 Å². The van der Waals surface area contributed by atoms with Crippen LogP contribution in [-0.2, 0) is 6.54 Å². The first-order chi connectivity index (χ1) is 10.7. The predicted molar refractivity (Wildman–Crippen MR) is 84.9 cm³/mol. The highest BCUT2D eigenvalue weighted by molar-refractivity contribution is 7.22. The summed E-state index contributed by atoms with van der Waals surface area (Å²) in [5.41, 5.74) is 1.13. The van der Waals surface area contributed by atoms with Crippen molar-refractivity contribution in [3.05, 3.63) is 35.0 Å². The maximum atomic E-state index is 12.3. The van der Waals surface area contributed by atoms with Gasteiger partial charge in [0.1, 0.15) is 0 Å². The molecule has 1 aliphatic heterocycles. The van der Waals surface area contributed by atoms with Gasteiger partial charge in [-0.15, -0.1) is 0 Å². The van der Waals surface area contributed by atoms with Crippen LogP contribution >= 0.6 is 22.9 Å². The average Bonchev–Trinajstić information content (AvgIpc) is 3.09. The Labute approximate surface area is 134 Å². The zero-order valence-corrected chi connectivity index (χ0v) is 12.9. The fourth-order valence-electron chi connectivity index (χ4n) is 2.29. The van der Waals surface area contributed by atoms with Crippen LogP contribution in [0, 0.1) is 0 Å². The van der Waals surface area contributed by atoms with E-state index >= 15 is 0 Å². The third-order valence-corrected chi connectivity index (χ3v) is 4.48. The van der Waals surface area contributed by atoms with E-state index in [0.717, 1.165) is 23.2 Å². The fraction of sp³-hybridized carbons (Fsp3) is 0.214. The van der Waals surface area contributed by atoms with Gasteiger partial charge in [-0.2, -0.15) is 5.10 Å². The number of benzene rings is 1. The Morgan fingerprint density at radius 2 is 2.32 bits per heavy atom. The summed E-state index contributed by atoms with van der Waals surface area (Å²) in [5, 5.41) is 8.19. The van der Waals surface area contributed by atoms with Crippen LogP contribution in [0.2, 0.25) is 5.02 Å². The third kappa shape index (κ3) is 2.42. The zero-order chi connectivity index (χ0) is 15.1. The van der Waals surface area contributed by atoms with E-state index in [1.54, 1.807) is 16.8 Å². The Balaban J connectivity index is 1.58. The van der Waals surface area contributed by atoms with Gasteiger partial charge in [-0.1, -0.05) is 22.9 Å². The van der Waals surface area contributed by atoms with Crippen LogP contribution in [0.25, 0.3) is 10.2 Å². The van der Waals surface area contributed by atoms with Crippen molar-refractivity contribution in [1.82, 2.24) is 14.8 Å². The first kappa shape index (κ1) is 13.5. The summed E-state index contributed by atoms with van der Waals surface area (Å²) in [7, 11) is 0. The molecule has 2 aromatic heterocycles. The van der Waals surface area contributed by atoms with Crippen LogP contribution in [0.15, 0.2) is 24.3 Å². The van der Waals surface area contributed by atoms with E-state index in [1.807, 2.05) is 12.1 Å². The molecule has 1 amide bonds. The Bertz CT molecular complexity index is 849. The summed E-state index contributed by atoms with van der Waals surface area (Å²) < 4.78 is 8.09. The number of thiazole rings is 1. The van der Waals surface area contributed by atoms with E-state index in [9.17, 15) is 4.79 Å². The van der Waals surface area contributed by atoms with Gasteiger partial charge in [-0.3, -0.25) is 10.1 Å². The average molecular weight is 335 g/mol. The molecule has 0 spiro atoms. The Kier molecular flexibility index (Phi) is 3.24. The number of nitrogens with one attached hydrogen (secondary N) is 1. The summed E-state index contributed by atoms with van der Waals surface area (Å²) >= 11 is 7.33. The van der Waals surface area contributed by atoms with Gasteiger partial charge in [-0.05, 0) is 18.2 Å². The second kappa shape index (κ2) is 5.26. The van der Waals surface area contributed by atoms with Gasteiger partial charge in [0.05, 0.1) is 16.8 Å². The highest BCUT2D eigenvalue weighted by Crippen LogP contribution is 2.28. The number of aryl methyl sites for hydroxylation is 1. The van der Waals surface area contributed by atoms with E-state index in [0.29, 0.717) is 28.3 Å². The number of aromatic nitrogens is 3. The lowest BCUT2D eigenvalue weighted by molar-refractivity contribution is 0.102. The molecule has 1 N–H and O–H groups in total. The van der Waals surface area contributed by atoms with Crippen molar-refractivity contribution in [1.29, 1.82) is 0 Å². The smallest absolute Gasteiger partial charge is 0.278 e. The molecule has 4 rings (SSSR count). The van der Waals surface area contributed by atoms with Gasteiger partial charge in [0, 0.05) is 24.1 Å². The molecule has 0 bridgehead atoms. The molecule has 0 fully saturated rings. The number of fused-ring (bicyclic) bond motifs is 2. The van der Waals surface area contributed by atoms with E-state index in [1.165, 1.54) is 11.3 Å². The fourth-order valence-corrected chi connectivity index (χ4v) is 3.43. The number of rotatable bonds is 2. The minimum atomic E-state index is -0.296.